The molecule has 0 saturated heterocycles. The molecule has 0 aromatic heterocycles. The summed E-state index contributed by atoms with van der Waals surface area (Å²) in [5, 5.41) is 10.1. The van der Waals surface area contributed by atoms with Crippen LogP contribution in [-0.2, 0) is 4.79 Å². The number of aliphatic hydroxyl groups excluding tert-OH is 1. The van der Waals surface area contributed by atoms with Crippen LogP contribution in [-0.4, -0.2) is 31.3 Å². The van der Waals surface area contributed by atoms with Crippen LogP contribution in [0.5, 0.6) is 11.5 Å². The topological polar surface area (TPSA) is 68.1 Å². The van der Waals surface area contributed by atoms with Crippen molar-refractivity contribution in [1.82, 2.24) is 0 Å². The predicted molar refractivity (Wildman–Crippen MR) is 85.4 cm³/mol. The van der Waals surface area contributed by atoms with E-state index in [-0.39, 0.29) is 22.5 Å². The molecule has 0 radical (unpaired) electrons. The van der Waals surface area contributed by atoms with Crippen molar-refractivity contribution < 1.29 is 19.4 Å². The van der Waals surface area contributed by atoms with Crippen molar-refractivity contribution in [2.24, 2.45) is 10.4 Å². The lowest BCUT2D eigenvalue weighted by molar-refractivity contribution is -0.117. The maximum Gasteiger partial charge on any atom is 0.168 e. The summed E-state index contributed by atoms with van der Waals surface area (Å²) < 4.78 is 10.4. The lowest BCUT2D eigenvalue weighted by Gasteiger charge is -2.28. The van der Waals surface area contributed by atoms with E-state index in [1.165, 1.54) is 6.21 Å². The van der Waals surface area contributed by atoms with Gasteiger partial charge in [-0.15, -0.1) is 0 Å². The molecular formula is C17H21NO4. The molecule has 0 fully saturated rings. The Hall–Kier alpha value is -2.30. The second kappa shape index (κ2) is 6.22. The summed E-state index contributed by atoms with van der Waals surface area (Å²) in [6.07, 6.45) is 2.31. The maximum absolute atomic E-state index is 12.1. The van der Waals surface area contributed by atoms with E-state index in [1.807, 2.05) is 13.8 Å². The van der Waals surface area contributed by atoms with Crippen LogP contribution in [0.15, 0.2) is 34.5 Å². The SMILES string of the molecule is COc1ccc(N=CC2=C(O)CC(C)(C)CC2=O)cc1OC. The van der Waals surface area contributed by atoms with Gasteiger partial charge in [-0.05, 0) is 17.5 Å². The molecule has 0 amide bonds. The highest BCUT2D eigenvalue weighted by atomic mass is 16.5. The van der Waals surface area contributed by atoms with E-state index >= 15 is 0 Å². The molecule has 1 aliphatic carbocycles. The zero-order chi connectivity index (χ0) is 16.3. The minimum atomic E-state index is -0.207. The number of Topliss-reactive ketones (excluding diaryl/α,β-unsaturated/α-hetero) is 1. The second-order valence-corrected chi connectivity index (χ2v) is 6.10. The average Bonchev–Trinajstić information content (AvgIpc) is 2.44. The number of ketones is 1. The molecule has 0 heterocycles. The number of hydrogen-bond donors (Lipinski definition) is 1. The Morgan fingerprint density at radius 2 is 1.86 bits per heavy atom. The van der Waals surface area contributed by atoms with Gasteiger partial charge < -0.3 is 14.6 Å². The largest absolute Gasteiger partial charge is 0.511 e. The van der Waals surface area contributed by atoms with Crippen LogP contribution in [0.4, 0.5) is 5.69 Å². The third-order valence-corrected chi connectivity index (χ3v) is 3.61. The summed E-state index contributed by atoms with van der Waals surface area (Å²) in [6, 6.07) is 5.21. The van der Waals surface area contributed by atoms with E-state index in [2.05, 4.69) is 4.99 Å². The van der Waals surface area contributed by atoms with Crippen LogP contribution >= 0.6 is 0 Å². The van der Waals surface area contributed by atoms with Crippen LogP contribution in [0, 0.1) is 5.41 Å². The first-order valence-electron chi connectivity index (χ1n) is 7.08. The minimum absolute atomic E-state index is 0.0852. The number of aliphatic imine (C=N–C) groups is 1. The number of ether oxygens (including phenoxy) is 2. The van der Waals surface area contributed by atoms with Crippen molar-refractivity contribution >= 4 is 17.7 Å². The molecule has 0 spiro atoms. The van der Waals surface area contributed by atoms with Gasteiger partial charge in [0, 0.05) is 25.1 Å². The quantitative estimate of drug-likeness (QED) is 0.863. The van der Waals surface area contributed by atoms with E-state index in [9.17, 15) is 9.90 Å². The van der Waals surface area contributed by atoms with Crippen LogP contribution in [0.25, 0.3) is 0 Å². The molecule has 1 aromatic carbocycles. The van der Waals surface area contributed by atoms with Crippen LogP contribution in [0.3, 0.4) is 0 Å². The van der Waals surface area contributed by atoms with Crippen molar-refractivity contribution in [3.8, 4) is 11.5 Å². The van der Waals surface area contributed by atoms with Gasteiger partial charge in [-0.3, -0.25) is 9.79 Å². The standard InChI is InChI=1S/C17H21NO4/c1-17(2)8-13(19)12(14(20)9-17)10-18-11-5-6-15(21-3)16(7-11)22-4/h5-7,10,19H,8-9H2,1-4H3. The molecule has 0 unspecified atom stereocenters. The zero-order valence-electron chi connectivity index (χ0n) is 13.3. The number of rotatable bonds is 4. The van der Waals surface area contributed by atoms with E-state index in [1.54, 1.807) is 32.4 Å². The minimum Gasteiger partial charge on any atom is -0.511 e. The Morgan fingerprint density at radius 1 is 1.18 bits per heavy atom. The van der Waals surface area contributed by atoms with E-state index in [0.717, 1.165) is 0 Å². The number of carbonyl (C=O) groups is 1. The highest BCUT2D eigenvalue weighted by Crippen LogP contribution is 2.35. The first-order chi connectivity index (χ1) is 10.4. The first kappa shape index (κ1) is 16.1. The van der Waals surface area contributed by atoms with Crippen molar-refractivity contribution in [1.29, 1.82) is 0 Å². The Morgan fingerprint density at radius 3 is 2.45 bits per heavy atom. The fourth-order valence-electron chi connectivity index (χ4n) is 2.49. The van der Waals surface area contributed by atoms with Gasteiger partial charge in [0.15, 0.2) is 17.3 Å². The van der Waals surface area contributed by atoms with Gasteiger partial charge in [0.2, 0.25) is 0 Å². The monoisotopic (exact) mass is 303 g/mol. The molecule has 22 heavy (non-hydrogen) atoms. The smallest absolute Gasteiger partial charge is 0.168 e. The Balaban J connectivity index is 2.27. The Labute approximate surface area is 130 Å². The van der Waals surface area contributed by atoms with Gasteiger partial charge in [-0.25, -0.2) is 0 Å². The number of benzene rings is 1. The molecule has 5 heteroatoms. The summed E-state index contributed by atoms with van der Waals surface area (Å²) in [7, 11) is 3.11. The van der Waals surface area contributed by atoms with Crippen LogP contribution in [0.1, 0.15) is 26.7 Å². The van der Waals surface area contributed by atoms with Crippen molar-refractivity contribution in [3.05, 3.63) is 29.5 Å². The van der Waals surface area contributed by atoms with Crippen molar-refractivity contribution in [2.75, 3.05) is 14.2 Å². The first-order valence-corrected chi connectivity index (χ1v) is 7.08. The van der Waals surface area contributed by atoms with E-state index in [0.29, 0.717) is 30.0 Å². The molecule has 5 nitrogen and oxygen atoms in total. The molecule has 1 aromatic rings. The number of methoxy groups -OCH3 is 2. The summed E-state index contributed by atoms with van der Waals surface area (Å²) in [5.41, 5.74) is 0.701. The van der Waals surface area contributed by atoms with Gasteiger partial charge in [0.05, 0.1) is 25.5 Å². The van der Waals surface area contributed by atoms with Gasteiger partial charge >= 0.3 is 0 Å². The molecule has 1 N–H and O–H groups in total. The third kappa shape index (κ3) is 3.47. The number of allylic oxidation sites excluding steroid dienone is 2. The van der Waals surface area contributed by atoms with Crippen LogP contribution in [0.2, 0.25) is 0 Å². The van der Waals surface area contributed by atoms with Gasteiger partial charge in [0.1, 0.15) is 5.76 Å². The Bertz CT molecular complexity index is 644. The lowest BCUT2D eigenvalue weighted by Crippen LogP contribution is -2.26. The molecule has 0 bridgehead atoms. The van der Waals surface area contributed by atoms with Crippen LogP contribution < -0.4 is 9.47 Å². The fourth-order valence-corrected chi connectivity index (χ4v) is 2.49. The molecule has 0 saturated carbocycles. The summed E-state index contributed by atoms with van der Waals surface area (Å²) in [6.45, 7) is 3.92. The summed E-state index contributed by atoms with van der Waals surface area (Å²) in [4.78, 5) is 16.4. The lowest BCUT2D eigenvalue weighted by atomic mass is 9.77. The summed E-state index contributed by atoms with van der Waals surface area (Å²) in [5.74, 6) is 1.19. The van der Waals surface area contributed by atoms with E-state index < -0.39 is 0 Å². The maximum atomic E-state index is 12.1. The summed E-state index contributed by atoms with van der Waals surface area (Å²) >= 11 is 0. The predicted octanol–water partition coefficient (Wildman–Crippen LogP) is 3.61. The van der Waals surface area contributed by atoms with E-state index in [4.69, 9.17) is 9.47 Å². The third-order valence-electron chi connectivity index (χ3n) is 3.61. The fraction of sp³-hybridized carbons (Fsp3) is 0.412. The molecule has 2 rings (SSSR count). The molecule has 118 valence electrons. The average molecular weight is 303 g/mol. The molecule has 1 aliphatic rings. The number of carbonyl (C=O) groups excluding carboxylic acids is 1. The van der Waals surface area contributed by atoms with Gasteiger partial charge in [-0.1, -0.05) is 13.8 Å². The van der Waals surface area contributed by atoms with Gasteiger partial charge in [-0.2, -0.15) is 0 Å². The Kier molecular flexibility index (Phi) is 4.54. The van der Waals surface area contributed by atoms with Gasteiger partial charge in [0.25, 0.3) is 0 Å². The van der Waals surface area contributed by atoms with Crippen molar-refractivity contribution in [3.63, 3.8) is 0 Å². The highest BCUT2D eigenvalue weighted by molar-refractivity contribution is 6.14. The second-order valence-electron chi connectivity index (χ2n) is 6.10. The number of hydrogen-bond acceptors (Lipinski definition) is 5. The molecule has 0 aliphatic heterocycles. The zero-order valence-corrected chi connectivity index (χ0v) is 13.3. The molecule has 0 atom stereocenters. The highest BCUT2D eigenvalue weighted by Gasteiger charge is 2.32. The normalized spacial score (nSPS) is 17.9. The molecular weight excluding hydrogens is 282 g/mol. The van der Waals surface area contributed by atoms with Crippen molar-refractivity contribution in [2.45, 2.75) is 26.7 Å². The number of aliphatic hydroxyl groups is 1. The number of nitrogens with zero attached hydrogens (tertiary/aromatic N) is 1.